The van der Waals surface area contributed by atoms with Gasteiger partial charge in [-0.3, -0.25) is 0 Å². The second-order valence-corrected chi connectivity index (χ2v) is 16.7. The molecule has 3 aromatic heterocycles. The summed E-state index contributed by atoms with van der Waals surface area (Å²) in [6.07, 6.45) is 8.91. The topological polar surface area (TPSA) is 30.7 Å². The van der Waals surface area contributed by atoms with Crippen molar-refractivity contribution in [2.24, 2.45) is 0 Å². The number of rotatable bonds is 6. The molecule has 0 radical (unpaired) electrons. The third-order valence-corrected chi connectivity index (χ3v) is 13.3. The van der Waals surface area contributed by atoms with Crippen molar-refractivity contribution >= 4 is 69.7 Å². The van der Waals surface area contributed by atoms with Crippen LogP contribution < -0.4 is 0 Å². The van der Waals surface area contributed by atoms with Gasteiger partial charge in [0, 0.05) is 58.7 Å². The van der Waals surface area contributed by atoms with Crippen LogP contribution in [0.2, 0.25) is 0 Å². The van der Waals surface area contributed by atoms with Gasteiger partial charge in [-0.1, -0.05) is 158 Å². The van der Waals surface area contributed by atoms with Crippen molar-refractivity contribution in [3.8, 4) is 50.7 Å². The standard InChI is InChI=1S/C56H37N3S/c1-5-15-36(16-6-1)41-27-31-50-46(33-41)53-54(45-24-14-13-23-44(45)52-47-34-42(37-17-7-2-8-18-37)28-32-51(47)60-55(52)53)59(50)43-29-25-39(26-30-43)49-35-48(38-19-9-3-10-20-38)57-56(58-49)40-21-11-4-12-22-40/h1-7,9-17,19-35H,8,18H2. The monoisotopic (exact) mass is 783 g/mol. The van der Waals surface area contributed by atoms with Crippen LogP contribution in [0.1, 0.15) is 18.4 Å². The molecule has 11 aromatic rings. The predicted molar refractivity (Wildman–Crippen MR) is 255 cm³/mol. The Kier molecular flexibility index (Phi) is 8.17. The van der Waals surface area contributed by atoms with Crippen molar-refractivity contribution < 1.29 is 0 Å². The Hall–Kier alpha value is -7.40. The van der Waals surface area contributed by atoms with E-state index in [9.17, 15) is 0 Å². The van der Waals surface area contributed by atoms with E-state index in [-0.39, 0.29) is 0 Å². The van der Waals surface area contributed by atoms with Crippen LogP contribution in [0.5, 0.6) is 0 Å². The van der Waals surface area contributed by atoms with Crippen LogP contribution in [-0.4, -0.2) is 14.5 Å². The smallest absolute Gasteiger partial charge is 0.160 e. The Morgan fingerprint density at radius 1 is 0.467 bits per heavy atom. The van der Waals surface area contributed by atoms with Gasteiger partial charge in [0.1, 0.15) is 0 Å². The largest absolute Gasteiger partial charge is 0.309 e. The number of fused-ring (bicyclic) bond motifs is 10. The van der Waals surface area contributed by atoms with E-state index >= 15 is 0 Å². The Morgan fingerprint density at radius 3 is 1.80 bits per heavy atom. The first kappa shape index (κ1) is 34.6. The summed E-state index contributed by atoms with van der Waals surface area (Å²) in [5.74, 6) is 0.714. The summed E-state index contributed by atoms with van der Waals surface area (Å²) in [5.41, 5.74) is 13.6. The zero-order valence-electron chi connectivity index (χ0n) is 32.7. The molecule has 0 amide bonds. The lowest BCUT2D eigenvalue weighted by molar-refractivity contribution is 1.05. The van der Waals surface area contributed by atoms with E-state index in [1.165, 1.54) is 75.0 Å². The summed E-state index contributed by atoms with van der Waals surface area (Å²) in [6.45, 7) is 0. The summed E-state index contributed by atoms with van der Waals surface area (Å²) in [7, 11) is 0. The molecule has 0 atom stereocenters. The molecule has 0 spiro atoms. The fraction of sp³-hybridized carbons (Fsp3) is 0.0357. The molecule has 0 unspecified atom stereocenters. The van der Waals surface area contributed by atoms with E-state index < -0.39 is 0 Å². The SMILES string of the molecule is C1=CCCC(c2ccc3sc4c(c3c2)c2ccccc2c2c4c3cc(-c4ccccc4)ccc3n2-c2ccc(-c3cc(-c4ccccc4)nc(-c4ccccc4)n3)cc2)=C1. The lowest BCUT2D eigenvalue weighted by Gasteiger charge is -2.13. The summed E-state index contributed by atoms with van der Waals surface area (Å²) < 4.78 is 5.14. The highest BCUT2D eigenvalue weighted by molar-refractivity contribution is 7.27. The molecular formula is C56H37N3S. The normalized spacial score (nSPS) is 12.9. The van der Waals surface area contributed by atoms with Gasteiger partial charge in [0.25, 0.3) is 0 Å². The van der Waals surface area contributed by atoms with Crippen LogP contribution in [-0.2, 0) is 0 Å². The summed E-state index contributed by atoms with van der Waals surface area (Å²) >= 11 is 1.92. The van der Waals surface area contributed by atoms with Crippen LogP contribution in [0, 0.1) is 0 Å². The highest BCUT2D eigenvalue weighted by Gasteiger charge is 2.23. The van der Waals surface area contributed by atoms with Gasteiger partial charge in [-0.25, -0.2) is 9.97 Å². The van der Waals surface area contributed by atoms with Gasteiger partial charge in [0.2, 0.25) is 0 Å². The first-order valence-electron chi connectivity index (χ1n) is 20.6. The Labute approximate surface area is 351 Å². The van der Waals surface area contributed by atoms with Crippen LogP contribution >= 0.6 is 11.3 Å². The van der Waals surface area contributed by atoms with Gasteiger partial charge in [-0.15, -0.1) is 11.3 Å². The Balaban J connectivity index is 1.10. The van der Waals surface area contributed by atoms with Crippen molar-refractivity contribution in [1.82, 2.24) is 14.5 Å². The van der Waals surface area contributed by atoms with Crippen molar-refractivity contribution in [1.29, 1.82) is 0 Å². The van der Waals surface area contributed by atoms with E-state index in [4.69, 9.17) is 9.97 Å². The zero-order chi connectivity index (χ0) is 39.6. The average Bonchev–Trinajstić information content (AvgIpc) is 3.89. The number of hydrogen-bond acceptors (Lipinski definition) is 3. The molecule has 1 aliphatic carbocycles. The molecular weight excluding hydrogens is 747 g/mol. The molecule has 3 heterocycles. The third kappa shape index (κ3) is 5.71. The number of hydrogen-bond donors (Lipinski definition) is 0. The van der Waals surface area contributed by atoms with Gasteiger partial charge in [-0.05, 0) is 83.0 Å². The van der Waals surface area contributed by atoms with Gasteiger partial charge in [0.15, 0.2) is 5.82 Å². The second kappa shape index (κ2) is 14.2. The molecule has 0 fully saturated rings. The van der Waals surface area contributed by atoms with Crippen molar-refractivity contribution in [3.63, 3.8) is 0 Å². The van der Waals surface area contributed by atoms with E-state index in [2.05, 4.69) is 181 Å². The number of benzene rings is 8. The van der Waals surface area contributed by atoms with Crippen LogP contribution in [0.4, 0.5) is 0 Å². The summed E-state index contributed by atoms with van der Waals surface area (Å²) in [6, 6.07) is 65.6. The zero-order valence-corrected chi connectivity index (χ0v) is 33.5. The first-order chi connectivity index (χ1) is 29.7. The maximum Gasteiger partial charge on any atom is 0.160 e. The van der Waals surface area contributed by atoms with E-state index in [1.807, 2.05) is 35.6 Å². The van der Waals surface area contributed by atoms with E-state index in [1.54, 1.807) is 0 Å². The first-order valence-corrected chi connectivity index (χ1v) is 21.4. The Bertz CT molecular complexity index is 3450. The number of nitrogens with zero attached hydrogens (tertiary/aromatic N) is 3. The average molecular weight is 784 g/mol. The molecule has 3 nitrogen and oxygen atoms in total. The van der Waals surface area contributed by atoms with Gasteiger partial charge >= 0.3 is 0 Å². The van der Waals surface area contributed by atoms with Gasteiger partial charge < -0.3 is 4.57 Å². The molecule has 0 saturated heterocycles. The molecule has 4 heteroatoms. The molecule has 8 aromatic carbocycles. The minimum Gasteiger partial charge on any atom is -0.309 e. The summed E-state index contributed by atoms with van der Waals surface area (Å²) in [4.78, 5) is 10.2. The van der Waals surface area contributed by atoms with E-state index in [0.717, 1.165) is 46.6 Å². The molecule has 12 rings (SSSR count). The van der Waals surface area contributed by atoms with Crippen LogP contribution in [0.15, 0.2) is 200 Å². The molecule has 282 valence electrons. The second-order valence-electron chi connectivity index (χ2n) is 15.6. The summed E-state index contributed by atoms with van der Waals surface area (Å²) in [5, 5.41) is 7.78. The Morgan fingerprint density at radius 2 is 1.08 bits per heavy atom. The molecule has 0 saturated carbocycles. The van der Waals surface area contributed by atoms with Crippen molar-refractivity contribution in [2.75, 3.05) is 0 Å². The van der Waals surface area contributed by atoms with Crippen LogP contribution in [0.3, 0.4) is 0 Å². The molecule has 0 aliphatic heterocycles. The lowest BCUT2D eigenvalue weighted by atomic mass is 9.94. The fourth-order valence-electron chi connectivity index (χ4n) is 9.20. The predicted octanol–water partition coefficient (Wildman–Crippen LogP) is 15.5. The van der Waals surface area contributed by atoms with Crippen molar-refractivity contribution in [2.45, 2.75) is 12.8 Å². The third-order valence-electron chi connectivity index (χ3n) is 12.1. The highest BCUT2D eigenvalue weighted by atomic mass is 32.1. The number of thiophene rings is 1. The molecule has 1 aliphatic rings. The minimum atomic E-state index is 0.714. The maximum atomic E-state index is 5.14. The lowest BCUT2D eigenvalue weighted by Crippen LogP contribution is -1.97. The highest BCUT2D eigenvalue weighted by Crippen LogP contribution is 2.49. The van der Waals surface area contributed by atoms with Gasteiger partial charge in [-0.2, -0.15) is 0 Å². The molecule has 0 N–H and O–H groups in total. The molecule has 60 heavy (non-hydrogen) atoms. The van der Waals surface area contributed by atoms with Crippen molar-refractivity contribution in [3.05, 3.63) is 206 Å². The molecule has 0 bridgehead atoms. The van der Waals surface area contributed by atoms with Crippen LogP contribution in [0.25, 0.3) is 109 Å². The maximum absolute atomic E-state index is 5.14. The minimum absolute atomic E-state index is 0.714. The number of aromatic nitrogens is 3. The van der Waals surface area contributed by atoms with Gasteiger partial charge in [0.05, 0.1) is 22.4 Å². The van der Waals surface area contributed by atoms with E-state index in [0.29, 0.717) is 5.82 Å². The fourth-order valence-corrected chi connectivity index (χ4v) is 10.5. The number of allylic oxidation sites excluding steroid dienone is 4. The quantitative estimate of drug-likeness (QED) is 0.168.